The molecule has 0 saturated heterocycles. The van der Waals surface area contributed by atoms with Crippen molar-refractivity contribution < 1.29 is 35.1 Å². The zero-order valence-electron chi connectivity index (χ0n) is 7.18. The van der Waals surface area contributed by atoms with E-state index in [0.29, 0.717) is 0 Å². The maximum atomic E-state index is 12.7. The molecule has 0 aliphatic carbocycles. The molecule has 0 aromatic heterocycles. The van der Waals surface area contributed by atoms with Crippen LogP contribution in [-0.2, 0) is 12.4 Å². The van der Waals surface area contributed by atoms with Crippen LogP contribution in [0, 0.1) is 11.6 Å². The third-order valence-corrected chi connectivity index (χ3v) is 1.67. The lowest BCUT2D eigenvalue weighted by Gasteiger charge is -2.16. The fourth-order valence-electron chi connectivity index (χ4n) is 1.11. The summed E-state index contributed by atoms with van der Waals surface area (Å²) in [6.45, 7) is 0. The molecule has 0 amide bonds. The predicted molar refractivity (Wildman–Crippen MR) is 36.4 cm³/mol. The molecule has 90 valence electrons. The van der Waals surface area contributed by atoms with Gasteiger partial charge in [0.05, 0.1) is 0 Å². The summed E-state index contributed by atoms with van der Waals surface area (Å²) in [5, 5.41) is 0. The van der Waals surface area contributed by atoms with Crippen LogP contribution in [0.4, 0.5) is 35.1 Å². The minimum absolute atomic E-state index is 0.00655. The highest BCUT2D eigenvalue weighted by molar-refractivity contribution is 5.34. The summed E-state index contributed by atoms with van der Waals surface area (Å²) in [5.41, 5.74) is -5.28. The largest absolute Gasteiger partial charge is 0.419 e. The first-order valence-corrected chi connectivity index (χ1v) is 3.67. The summed E-state index contributed by atoms with van der Waals surface area (Å²) in [6.07, 6.45) is -11.2. The lowest BCUT2D eigenvalue weighted by Crippen LogP contribution is -2.20. The molecule has 0 aliphatic rings. The Bertz CT molecular complexity index is 361. The van der Waals surface area contributed by atoms with Gasteiger partial charge in [0.1, 0.15) is 22.8 Å². The van der Waals surface area contributed by atoms with Crippen molar-refractivity contribution in [1.29, 1.82) is 0 Å². The van der Waals surface area contributed by atoms with Gasteiger partial charge in [0.25, 0.3) is 0 Å². The number of halogens is 8. The molecule has 0 unspecified atom stereocenters. The van der Waals surface area contributed by atoms with Crippen molar-refractivity contribution in [2.45, 2.75) is 12.4 Å². The summed E-state index contributed by atoms with van der Waals surface area (Å²) in [6, 6.07) is -0.0131. The second-order valence-electron chi connectivity index (χ2n) is 2.77. The van der Waals surface area contributed by atoms with Gasteiger partial charge in [-0.05, 0) is 12.1 Å². The van der Waals surface area contributed by atoms with Gasteiger partial charge < -0.3 is 0 Å². The molecular formula is C8H2F8. The van der Waals surface area contributed by atoms with Gasteiger partial charge in [-0.25, -0.2) is 8.78 Å². The fourth-order valence-corrected chi connectivity index (χ4v) is 1.11. The number of benzene rings is 1. The second-order valence-corrected chi connectivity index (χ2v) is 2.77. The molecule has 0 nitrogen and oxygen atoms in total. The van der Waals surface area contributed by atoms with Crippen molar-refractivity contribution in [2.75, 3.05) is 0 Å². The van der Waals surface area contributed by atoms with Gasteiger partial charge in [-0.3, -0.25) is 0 Å². The van der Waals surface area contributed by atoms with Gasteiger partial charge >= 0.3 is 12.4 Å². The van der Waals surface area contributed by atoms with Crippen LogP contribution in [-0.4, -0.2) is 0 Å². The lowest BCUT2D eigenvalue weighted by atomic mass is 10.1. The van der Waals surface area contributed by atoms with E-state index >= 15 is 0 Å². The maximum absolute atomic E-state index is 12.7. The van der Waals surface area contributed by atoms with Gasteiger partial charge in [-0.15, -0.1) is 0 Å². The first-order valence-electron chi connectivity index (χ1n) is 3.67. The van der Waals surface area contributed by atoms with E-state index in [1.54, 1.807) is 0 Å². The van der Waals surface area contributed by atoms with E-state index in [9.17, 15) is 35.1 Å². The summed E-state index contributed by atoms with van der Waals surface area (Å²) < 4.78 is 98.0. The van der Waals surface area contributed by atoms with E-state index in [1.807, 2.05) is 0 Å². The van der Waals surface area contributed by atoms with E-state index in [0.717, 1.165) is 0 Å². The number of alkyl halides is 6. The average molecular weight is 250 g/mol. The van der Waals surface area contributed by atoms with Gasteiger partial charge in [0, 0.05) is 0 Å². The van der Waals surface area contributed by atoms with E-state index in [1.165, 1.54) is 0 Å². The van der Waals surface area contributed by atoms with Gasteiger partial charge in [-0.2, -0.15) is 26.3 Å². The Morgan fingerprint density at radius 2 is 0.875 bits per heavy atom. The zero-order valence-corrected chi connectivity index (χ0v) is 7.18. The molecule has 0 saturated carbocycles. The molecule has 1 rings (SSSR count). The SMILES string of the molecule is Fc1ccc(F)c(C(F)(F)F)c1C(F)(F)F. The van der Waals surface area contributed by atoms with Crippen molar-refractivity contribution in [3.05, 3.63) is 34.9 Å². The van der Waals surface area contributed by atoms with Gasteiger partial charge in [-0.1, -0.05) is 0 Å². The Balaban J connectivity index is 3.64. The first-order chi connectivity index (χ1) is 7.05. The van der Waals surface area contributed by atoms with Gasteiger partial charge in [0.15, 0.2) is 0 Å². The number of rotatable bonds is 0. The highest BCUT2D eigenvalue weighted by Gasteiger charge is 2.47. The minimum Gasteiger partial charge on any atom is -0.206 e. The molecule has 0 N–H and O–H groups in total. The van der Waals surface area contributed by atoms with Crippen molar-refractivity contribution in [2.24, 2.45) is 0 Å². The molecule has 8 heteroatoms. The normalized spacial score (nSPS) is 13.0. The first kappa shape index (κ1) is 12.7. The Morgan fingerprint density at radius 3 is 1.06 bits per heavy atom. The number of hydrogen-bond acceptors (Lipinski definition) is 0. The van der Waals surface area contributed by atoms with Crippen LogP contribution in [0.5, 0.6) is 0 Å². The minimum atomic E-state index is -5.61. The monoisotopic (exact) mass is 250 g/mol. The van der Waals surface area contributed by atoms with Crippen LogP contribution >= 0.6 is 0 Å². The Labute approximate surface area is 83.5 Å². The van der Waals surface area contributed by atoms with Crippen molar-refractivity contribution in [3.8, 4) is 0 Å². The van der Waals surface area contributed by atoms with E-state index in [-0.39, 0.29) is 12.1 Å². The van der Waals surface area contributed by atoms with Crippen molar-refractivity contribution in [3.63, 3.8) is 0 Å². The Kier molecular flexibility index (Phi) is 2.86. The highest BCUT2D eigenvalue weighted by atomic mass is 19.4. The van der Waals surface area contributed by atoms with E-state index in [4.69, 9.17) is 0 Å². The quantitative estimate of drug-likeness (QED) is 0.610. The highest BCUT2D eigenvalue weighted by Crippen LogP contribution is 2.42. The molecule has 0 spiro atoms. The number of hydrogen-bond donors (Lipinski definition) is 0. The molecule has 0 heterocycles. The van der Waals surface area contributed by atoms with E-state index < -0.39 is 35.1 Å². The van der Waals surface area contributed by atoms with Crippen LogP contribution < -0.4 is 0 Å². The third-order valence-electron chi connectivity index (χ3n) is 1.67. The van der Waals surface area contributed by atoms with Crippen molar-refractivity contribution >= 4 is 0 Å². The topological polar surface area (TPSA) is 0 Å². The molecule has 0 bridgehead atoms. The Morgan fingerprint density at radius 1 is 0.625 bits per heavy atom. The molecule has 16 heavy (non-hydrogen) atoms. The fraction of sp³-hybridized carbons (Fsp3) is 0.250. The van der Waals surface area contributed by atoms with Crippen molar-refractivity contribution in [1.82, 2.24) is 0 Å². The summed E-state index contributed by atoms with van der Waals surface area (Å²) in [4.78, 5) is 0. The molecule has 0 fully saturated rings. The molecule has 0 aliphatic heterocycles. The zero-order chi connectivity index (χ0) is 12.7. The predicted octanol–water partition coefficient (Wildman–Crippen LogP) is 4.00. The second kappa shape index (κ2) is 3.60. The molecule has 1 aromatic carbocycles. The van der Waals surface area contributed by atoms with Crippen LogP contribution in [0.15, 0.2) is 12.1 Å². The van der Waals surface area contributed by atoms with Gasteiger partial charge in [0.2, 0.25) is 0 Å². The summed E-state index contributed by atoms with van der Waals surface area (Å²) in [5.74, 6) is -4.33. The van der Waals surface area contributed by atoms with Crippen LogP contribution in [0.2, 0.25) is 0 Å². The standard InChI is InChI=1S/C8H2F8/c9-3-1-2-4(10)6(8(14,15)16)5(3)7(11,12)13/h1-2H. The Hall–Kier alpha value is -1.34. The van der Waals surface area contributed by atoms with E-state index in [2.05, 4.69) is 0 Å². The third kappa shape index (κ3) is 2.25. The van der Waals surface area contributed by atoms with Crippen LogP contribution in [0.1, 0.15) is 11.1 Å². The van der Waals surface area contributed by atoms with Crippen LogP contribution in [0.3, 0.4) is 0 Å². The average Bonchev–Trinajstić information content (AvgIpc) is 2.04. The van der Waals surface area contributed by atoms with Crippen LogP contribution in [0.25, 0.3) is 0 Å². The summed E-state index contributed by atoms with van der Waals surface area (Å²) >= 11 is 0. The molecule has 1 aromatic rings. The summed E-state index contributed by atoms with van der Waals surface area (Å²) in [7, 11) is 0. The lowest BCUT2D eigenvalue weighted by molar-refractivity contribution is -0.165. The maximum Gasteiger partial charge on any atom is 0.419 e. The smallest absolute Gasteiger partial charge is 0.206 e. The molecule has 0 atom stereocenters. The molecular weight excluding hydrogens is 248 g/mol. The molecule has 0 radical (unpaired) electrons.